The summed E-state index contributed by atoms with van der Waals surface area (Å²) in [6.45, 7) is 7.61. The number of benzene rings is 1. The van der Waals surface area contributed by atoms with E-state index in [4.69, 9.17) is 9.26 Å². The Morgan fingerprint density at radius 1 is 1.13 bits per heavy atom. The molecule has 0 spiro atoms. The van der Waals surface area contributed by atoms with E-state index >= 15 is 0 Å². The first-order chi connectivity index (χ1) is 15.1. The number of ether oxygens (including phenoxy) is 1. The molecule has 2 aliphatic heterocycles. The lowest BCUT2D eigenvalue weighted by atomic mass is 9.96. The highest BCUT2D eigenvalue weighted by Crippen LogP contribution is 2.26. The van der Waals surface area contributed by atoms with Crippen LogP contribution in [0.25, 0.3) is 11.3 Å². The van der Waals surface area contributed by atoms with Gasteiger partial charge in [-0.15, -0.1) is 0 Å². The van der Waals surface area contributed by atoms with E-state index in [2.05, 4.69) is 17.0 Å². The smallest absolute Gasteiger partial charge is 0.276 e. The van der Waals surface area contributed by atoms with Crippen LogP contribution in [-0.4, -0.2) is 84.6 Å². The number of hydrogen-bond acceptors (Lipinski definition) is 6. The SMILES string of the molecule is CCN1CCN(C(=O)[C@@H]2CCCN(C(=O)c3cc(-c4cccc(OC)c4)on3)C2)CC1. The van der Waals surface area contributed by atoms with Crippen molar-refractivity contribution in [3.8, 4) is 17.1 Å². The Bertz CT molecular complexity index is 920. The molecule has 0 saturated carbocycles. The maximum absolute atomic E-state index is 13.0. The number of carbonyl (C=O) groups excluding carboxylic acids is 2. The third-order valence-corrected chi connectivity index (χ3v) is 6.27. The van der Waals surface area contributed by atoms with Gasteiger partial charge in [0.1, 0.15) is 5.75 Å². The first-order valence-corrected chi connectivity index (χ1v) is 11.0. The van der Waals surface area contributed by atoms with Crippen LogP contribution < -0.4 is 4.74 Å². The number of hydrogen-bond donors (Lipinski definition) is 0. The molecule has 0 radical (unpaired) electrons. The second-order valence-corrected chi connectivity index (χ2v) is 8.16. The van der Waals surface area contributed by atoms with E-state index in [1.807, 2.05) is 29.2 Å². The molecule has 1 aromatic carbocycles. The fraction of sp³-hybridized carbons (Fsp3) is 0.522. The van der Waals surface area contributed by atoms with Gasteiger partial charge >= 0.3 is 0 Å². The van der Waals surface area contributed by atoms with Crippen LogP contribution in [0.3, 0.4) is 0 Å². The molecule has 0 aliphatic carbocycles. The monoisotopic (exact) mass is 426 g/mol. The molecule has 2 aromatic rings. The van der Waals surface area contributed by atoms with Crippen molar-refractivity contribution in [2.24, 2.45) is 5.92 Å². The van der Waals surface area contributed by atoms with Crippen LogP contribution in [-0.2, 0) is 4.79 Å². The lowest BCUT2D eigenvalue weighted by Gasteiger charge is -2.38. The number of methoxy groups -OCH3 is 1. The zero-order chi connectivity index (χ0) is 21.8. The first-order valence-electron chi connectivity index (χ1n) is 11.0. The topological polar surface area (TPSA) is 79.1 Å². The molecule has 1 atom stereocenters. The number of piperidine rings is 1. The summed E-state index contributed by atoms with van der Waals surface area (Å²) in [5, 5.41) is 3.99. The van der Waals surface area contributed by atoms with E-state index in [1.54, 1.807) is 18.1 Å². The molecular weight excluding hydrogens is 396 g/mol. The number of piperazine rings is 1. The summed E-state index contributed by atoms with van der Waals surface area (Å²) < 4.78 is 10.7. The summed E-state index contributed by atoms with van der Waals surface area (Å²) >= 11 is 0. The Hall–Kier alpha value is -2.87. The Kier molecular flexibility index (Phi) is 6.56. The van der Waals surface area contributed by atoms with Crippen LogP contribution >= 0.6 is 0 Å². The summed E-state index contributed by atoms with van der Waals surface area (Å²) in [7, 11) is 1.60. The van der Waals surface area contributed by atoms with Crippen LogP contribution in [0.1, 0.15) is 30.3 Å². The summed E-state index contributed by atoms with van der Waals surface area (Å²) in [6, 6.07) is 9.08. The minimum atomic E-state index is -0.189. The lowest BCUT2D eigenvalue weighted by Crippen LogP contribution is -2.53. The molecule has 8 nitrogen and oxygen atoms in total. The zero-order valence-corrected chi connectivity index (χ0v) is 18.2. The van der Waals surface area contributed by atoms with Crippen LogP contribution in [0.4, 0.5) is 0 Å². The normalized spacial score (nSPS) is 20.0. The van der Waals surface area contributed by atoms with Crippen molar-refractivity contribution in [1.82, 2.24) is 19.9 Å². The molecule has 0 unspecified atom stereocenters. The number of likely N-dealkylation sites (N-methyl/N-ethyl adjacent to an activating group) is 1. The van der Waals surface area contributed by atoms with Gasteiger partial charge in [0.2, 0.25) is 5.91 Å². The summed E-state index contributed by atoms with van der Waals surface area (Å²) in [6.07, 6.45) is 1.64. The van der Waals surface area contributed by atoms with Crippen molar-refractivity contribution < 1.29 is 18.8 Å². The molecule has 8 heteroatoms. The molecule has 3 heterocycles. The van der Waals surface area contributed by atoms with Crippen molar-refractivity contribution in [2.45, 2.75) is 19.8 Å². The maximum atomic E-state index is 13.0. The van der Waals surface area contributed by atoms with Crippen LogP contribution in [0, 0.1) is 5.92 Å². The quantitative estimate of drug-likeness (QED) is 0.730. The number of amides is 2. The van der Waals surface area contributed by atoms with Gasteiger partial charge in [0.25, 0.3) is 5.91 Å². The zero-order valence-electron chi connectivity index (χ0n) is 18.2. The second-order valence-electron chi connectivity index (χ2n) is 8.16. The minimum Gasteiger partial charge on any atom is -0.497 e. The van der Waals surface area contributed by atoms with Crippen LogP contribution in [0.5, 0.6) is 5.75 Å². The van der Waals surface area contributed by atoms with Gasteiger partial charge in [0.05, 0.1) is 13.0 Å². The standard InChI is InChI=1S/C23H30N4O4/c1-3-25-10-12-26(13-11-25)22(28)18-7-5-9-27(16-18)23(29)20-15-21(31-24-20)17-6-4-8-19(14-17)30-2/h4,6,8,14-15,18H,3,5,7,9-13,16H2,1-2H3/t18-/m1/s1. The first kappa shape index (κ1) is 21.4. The number of aromatic nitrogens is 1. The number of carbonyl (C=O) groups is 2. The largest absolute Gasteiger partial charge is 0.497 e. The fourth-order valence-electron chi connectivity index (χ4n) is 4.36. The maximum Gasteiger partial charge on any atom is 0.276 e. The second kappa shape index (κ2) is 9.51. The van der Waals surface area contributed by atoms with Gasteiger partial charge in [-0.05, 0) is 31.5 Å². The molecule has 2 amide bonds. The van der Waals surface area contributed by atoms with Crippen LogP contribution in [0.15, 0.2) is 34.9 Å². The molecule has 0 bridgehead atoms. The Labute approximate surface area is 182 Å². The predicted octanol–water partition coefficient (Wildman–Crippen LogP) is 2.37. The molecule has 31 heavy (non-hydrogen) atoms. The van der Waals surface area contributed by atoms with Gasteiger partial charge in [-0.1, -0.05) is 24.2 Å². The molecule has 0 N–H and O–H groups in total. The third kappa shape index (κ3) is 4.74. The Morgan fingerprint density at radius 2 is 1.94 bits per heavy atom. The molecule has 166 valence electrons. The molecule has 4 rings (SSSR count). The average Bonchev–Trinajstić information content (AvgIpc) is 3.33. The highest BCUT2D eigenvalue weighted by atomic mass is 16.5. The summed E-state index contributed by atoms with van der Waals surface area (Å²) in [4.78, 5) is 32.1. The average molecular weight is 427 g/mol. The van der Waals surface area contributed by atoms with Crippen molar-refractivity contribution in [3.05, 3.63) is 36.0 Å². The number of nitrogens with zero attached hydrogens (tertiary/aromatic N) is 4. The van der Waals surface area contributed by atoms with Gasteiger partial charge in [-0.2, -0.15) is 0 Å². The van der Waals surface area contributed by atoms with E-state index in [9.17, 15) is 9.59 Å². The van der Waals surface area contributed by atoms with Crippen LogP contribution in [0.2, 0.25) is 0 Å². The predicted molar refractivity (Wildman–Crippen MR) is 116 cm³/mol. The van der Waals surface area contributed by atoms with Crippen molar-refractivity contribution in [3.63, 3.8) is 0 Å². The molecule has 2 saturated heterocycles. The minimum absolute atomic E-state index is 0.143. The van der Waals surface area contributed by atoms with E-state index in [1.165, 1.54) is 0 Å². The van der Waals surface area contributed by atoms with Crippen molar-refractivity contribution >= 4 is 11.8 Å². The molecule has 1 aromatic heterocycles. The Morgan fingerprint density at radius 3 is 2.68 bits per heavy atom. The van der Waals surface area contributed by atoms with E-state index in [0.717, 1.165) is 51.1 Å². The number of rotatable bonds is 5. The highest BCUT2D eigenvalue weighted by molar-refractivity contribution is 5.93. The summed E-state index contributed by atoms with van der Waals surface area (Å²) in [5.41, 5.74) is 1.06. The van der Waals surface area contributed by atoms with Gasteiger partial charge in [-0.25, -0.2) is 0 Å². The summed E-state index contributed by atoms with van der Waals surface area (Å²) in [5.74, 6) is 1.06. The molecule has 2 aliphatic rings. The lowest BCUT2D eigenvalue weighted by molar-refractivity contribution is -0.138. The molecular formula is C23H30N4O4. The Balaban J connectivity index is 1.40. The van der Waals surface area contributed by atoms with Gasteiger partial charge in [0.15, 0.2) is 11.5 Å². The van der Waals surface area contributed by atoms with E-state index in [0.29, 0.717) is 24.6 Å². The number of likely N-dealkylation sites (tertiary alicyclic amines) is 1. The van der Waals surface area contributed by atoms with E-state index in [-0.39, 0.29) is 23.4 Å². The van der Waals surface area contributed by atoms with Gasteiger partial charge in [0, 0.05) is 50.9 Å². The van der Waals surface area contributed by atoms with Crippen molar-refractivity contribution in [1.29, 1.82) is 0 Å². The van der Waals surface area contributed by atoms with E-state index < -0.39 is 0 Å². The third-order valence-electron chi connectivity index (χ3n) is 6.27. The highest BCUT2D eigenvalue weighted by Gasteiger charge is 2.33. The van der Waals surface area contributed by atoms with Gasteiger partial charge in [-0.3, -0.25) is 9.59 Å². The van der Waals surface area contributed by atoms with Crippen molar-refractivity contribution in [2.75, 3.05) is 52.9 Å². The van der Waals surface area contributed by atoms with Gasteiger partial charge < -0.3 is 24.0 Å². The molecule has 2 fully saturated rings. The fourth-order valence-corrected chi connectivity index (χ4v) is 4.36.